The Morgan fingerprint density at radius 2 is 2.00 bits per heavy atom. The summed E-state index contributed by atoms with van der Waals surface area (Å²) in [5.41, 5.74) is 9.51. The second-order valence-electron chi connectivity index (χ2n) is 7.47. The van der Waals surface area contributed by atoms with Crippen LogP contribution in [0.25, 0.3) is 27.9 Å². The maximum absolute atomic E-state index is 12.9. The van der Waals surface area contributed by atoms with Crippen molar-refractivity contribution in [3.8, 4) is 11.3 Å². The maximum atomic E-state index is 12.9. The fourth-order valence-electron chi connectivity index (χ4n) is 3.48. The van der Waals surface area contributed by atoms with E-state index in [-0.39, 0.29) is 18.4 Å². The number of amides is 1. The van der Waals surface area contributed by atoms with Crippen molar-refractivity contribution in [3.05, 3.63) is 30.2 Å². The van der Waals surface area contributed by atoms with Crippen molar-refractivity contribution in [2.45, 2.75) is 40.2 Å². The lowest BCUT2D eigenvalue weighted by Crippen LogP contribution is -2.20. The summed E-state index contributed by atoms with van der Waals surface area (Å²) in [4.78, 5) is 23.6. The topological polar surface area (TPSA) is 128 Å². The summed E-state index contributed by atoms with van der Waals surface area (Å²) in [7, 11) is 1.77. The first-order valence-corrected chi connectivity index (χ1v) is 10.9. The fraction of sp³-hybridized carbons (Fsp3) is 0.409. The van der Waals surface area contributed by atoms with Crippen LogP contribution in [0.5, 0.6) is 0 Å². The zero-order chi connectivity index (χ0) is 24.0. The van der Waals surface area contributed by atoms with Gasteiger partial charge in [-0.1, -0.05) is 13.3 Å². The van der Waals surface area contributed by atoms with Crippen LogP contribution in [0.2, 0.25) is 0 Å². The number of unbranched alkanes of at least 4 members (excludes halogenated alkanes) is 1. The average Bonchev–Trinajstić information content (AvgIpc) is 3.34. The highest BCUT2D eigenvalue weighted by Crippen LogP contribution is 2.30. The van der Waals surface area contributed by atoms with Crippen LogP contribution in [-0.2, 0) is 11.3 Å². The molecule has 0 aliphatic carbocycles. The number of carbonyl (C=O) groups excluding carboxylic acids is 1. The number of nitrogens with zero attached hydrogens (tertiary/aromatic N) is 6. The fourth-order valence-corrected chi connectivity index (χ4v) is 3.48. The summed E-state index contributed by atoms with van der Waals surface area (Å²) < 4.78 is 16.3. The van der Waals surface area contributed by atoms with Gasteiger partial charge in [-0.2, -0.15) is 4.98 Å². The Labute approximate surface area is 191 Å². The Hall–Kier alpha value is -3.76. The van der Waals surface area contributed by atoms with E-state index in [2.05, 4.69) is 32.6 Å². The van der Waals surface area contributed by atoms with Gasteiger partial charge >= 0.3 is 0 Å². The number of halogens is 1. The smallest absolute Gasteiger partial charge is 0.240 e. The molecule has 0 atom stereocenters. The van der Waals surface area contributed by atoms with Gasteiger partial charge in [-0.05, 0) is 31.5 Å². The van der Waals surface area contributed by atoms with Crippen molar-refractivity contribution in [1.29, 1.82) is 0 Å². The zero-order valence-corrected chi connectivity index (χ0v) is 19.4. The van der Waals surface area contributed by atoms with E-state index in [0.29, 0.717) is 11.5 Å². The molecule has 1 amide bonds. The van der Waals surface area contributed by atoms with Gasteiger partial charge in [0, 0.05) is 32.3 Å². The lowest BCUT2D eigenvalue weighted by molar-refractivity contribution is -0.118. The standard InChI is InChI=1S/C16H17FN8.C6H13NO/c1-9-20-12-4-3-11(21-15(12)24(9)8-6-17)10-5-7-25-13(10)14(19-2)22-16(18)23-25;1-3-4-5-7-6(2)8/h3-5,7H,6,8H2,1-2H3,(H3,18,19,22,23);3-5H2,1-2H3,(H,7,8). The first kappa shape index (κ1) is 23.9. The summed E-state index contributed by atoms with van der Waals surface area (Å²) in [6.07, 6.45) is 4.03. The van der Waals surface area contributed by atoms with Gasteiger partial charge in [-0.25, -0.2) is 18.9 Å². The Morgan fingerprint density at radius 1 is 1.21 bits per heavy atom. The van der Waals surface area contributed by atoms with Crippen LogP contribution in [-0.4, -0.2) is 55.3 Å². The van der Waals surface area contributed by atoms with E-state index in [1.807, 2.05) is 25.1 Å². The van der Waals surface area contributed by atoms with Crippen LogP contribution in [0.15, 0.2) is 24.4 Å². The predicted octanol–water partition coefficient (Wildman–Crippen LogP) is 2.97. The maximum Gasteiger partial charge on any atom is 0.240 e. The minimum absolute atomic E-state index is 0.0680. The predicted molar refractivity (Wildman–Crippen MR) is 128 cm³/mol. The van der Waals surface area contributed by atoms with Crippen LogP contribution < -0.4 is 16.4 Å². The van der Waals surface area contributed by atoms with Crippen molar-refractivity contribution in [1.82, 2.24) is 34.4 Å². The molecule has 4 rings (SSSR count). The average molecular weight is 456 g/mol. The molecule has 10 nitrogen and oxygen atoms in total. The van der Waals surface area contributed by atoms with E-state index in [0.717, 1.165) is 47.5 Å². The van der Waals surface area contributed by atoms with Crippen LogP contribution in [0, 0.1) is 6.92 Å². The van der Waals surface area contributed by atoms with E-state index in [1.54, 1.807) is 22.3 Å². The van der Waals surface area contributed by atoms with Gasteiger partial charge in [-0.15, -0.1) is 5.10 Å². The third kappa shape index (κ3) is 5.36. The second kappa shape index (κ2) is 10.7. The second-order valence-corrected chi connectivity index (χ2v) is 7.47. The van der Waals surface area contributed by atoms with E-state index in [4.69, 9.17) is 10.7 Å². The van der Waals surface area contributed by atoms with E-state index >= 15 is 0 Å². The van der Waals surface area contributed by atoms with Crippen LogP contribution in [0.3, 0.4) is 0 Å². The highest BCUT2D eigenvalue weighted by atomic mass is 19.1. The number of anilines is 2. The molecule has 0 aliphatic heterocycles. The number of aryl methyl sites for hydroxylation is 2. The molecule has 0 bridgehead atoms. The molecule has 33 heavy (non-hydrogen) atoms. The molecular formula is C22H30FN9O. The highest BCUT2D eigenvalue weighted by Gasteiger charge is 2.16. The quantitative estimate of drug-likeness (QED) is 0.366. The molecule has 4 N–H and O–H groups in total. The molecule has 11 heteroatoms. The number of hydrogen-bond donors (Lipinski definition) is 3. The summed E-state index contributed by atoms with van der Waals surface area (Å²) in [5, 5.41) is 9.93. The molecular weight excluding hydrogens is 425 g/mol. The van der Waals surface area contributed by atoms with Gasteiger partial charge in [0.25, 0.3) is 0 Å². The molecule has 0 saturated heterocycles. The number of rotatable bonds is 7. The summed E-state index contributed by atoms with van der Waals surface area (Å²) >= 11 is 0. The van der Waals surface area contributed by atoms with Crippen LogP contribution in [0.1, 0.15) is 32.5 Å². The van der Waals surface area contributed by atoms with Gasteiger partial charge in [0.15, 0.2) is 11.5 Å². The number of nitrogens with one attached hydrogen (secondary N) is 2. The lowest BCUT2D eigenvalue weighted by Gasteiger charge is -2.07. The third-order valence-electron chi connectivity index (χ3n) is 5.04. The highest BCUT2D eigenvalue weighted by molar-refractivity contribution is 5.89. The minimum atomic E-state index is -0.468. The van der Waals surface area contributed by atoms with Gasteiger partial charge < -0.3 is 20.9 Å². The molecule has 0 unspecified atom stereocenters. The number of alkyl halides is 1. The van der Waals surface area contributed by atoms with Gasteiger partial charge in [-0.3, -0.25) is 4.79 Å². The summed E-state index contributed by atoms with van der Waals surface area (Å²) in [6, 6.07) is 5.68. The monoisotopic (exact) mass is 455 g/mol. The van der Waals surface area contributed by atoms with Gasteiger partial charge in [0.05, 0.1) is 12.2 Å². The molecule has 0 radical (unpaired) electrons. The first-order valence-electron chi connectivity index (χ1n) is 10.9. The largest absolute Gasteiger partial charge is 0.371 e. The van der Waals surface area contributed by atoms with Crippen molar-refractivity contribution in [2.24, 2.45) is 0 Å². The normalized spacial score (nSPS) is 10.8. The molecule has 176 valence electrons. The molecule has 0 aromatic carbocycles. The molecule has 0 aliphatic rings. The van der Waals surface area contributed by atoms with E-state index in [9.17, 15) is 9.18 Å². The lowest BCUT2D eigenvalue weighted by atomic mass is 10.2. The van der Waals surface area contributed by atoms with Gasteiger partial charge in [0.1, 0.15) is 23.5 Å². The van der Waals surface area contributed by atoms with Crippen LogP contribution >= 0.6 is 0 Å². The summed E-state index contributed by atoms with van der Waals surface area (Å²) in [6.45, 7) is 6.07. The Balaban J connectivity index is 0.000000331. The zero-order valence-electron chi connectivity index (χ0n) is 19.4. The van der Waals surface area contributed by atoms with Gasteiger partial charge in [0.2, 0.25) is 11.9 Å². The molecule has 0 spiro atoms. The number of nitrogens with two attached hydrogens (primary N) is 1. The Bertz CT molecular complexity index is 1250. The molecule has 4 aromatic rings. The molecule has 4 heterocycles. The summed E-state index contributed by atoms with van der Waals surface area (Å²) in [5.74, 6) is 1.60. The van der Waals surface area contributed by atoms with Crippen molar-refractivity contribution in [2.75, 3.05) is 31.3 Å². The molecule has 0 fully saturated rings. The van der Waals surface area contributed by atoms with E-state index < -0.39 is 6.67 Å². The van der Waals surface area contributed by atoms with Crippen molar-refractivity contribution < 1.29 is 9.18 Å². The number of imidazole rings is 1. The third-order valence-corrected chi connectivity index (χ3v) is 5.04. The first-order chi connectivity index (χ1) is 15.9. The van der Waals surface area contributed by atoms with Crippen molar-refractivity contribution in [3.63, 3.8) is 0 Å². The molecule has 4 aromatic heterocycles. The number of carbonyl (C=O) groups is 1. The number of pyridine rings is 1. The number of fused-ring (bicyclic) bond motifs is 2. The molecule has 0 saturated carbocycles. The number of hydrogen-bond acceptors (Lipinski definition) is 7. The van der Waals surface area contributed by atoms with Crippen LogP contribution in [0.4, 0.5) is 16.2 Å². The minimum Gasteiger partial charge on any atom is -0.371 e. The van der Waals surface area contributed by atoms with E-state index in [1.165, 1.54) is 6.92 Å². The Morgan fingerprint density at radius 3 is 2.67 bits per heavy atom. The van der Waals surface area contributed by atoms with Crippen molar-refractivity contribution >= 4 is 34.4 Å². The number of nitrogen functional groups attached to an aromatic ring is 1. The Kier molecular flexibility index (Phi) is 7.75. The SMILES string of the molecule is CCCCNC(C)=O.CNc1nc(N)nn2ccc(-c3ccc4nc(C)n(CCF)c4n3)c12. The number of aromatic nitrogens is 6.